The van der Waals surface area contributed by atoms with Crippen molar-refractivity contribution in [2.45, 2.75) is 77.1 Å². The van der Waals surface area contributed by atoms with Gasteiger partial charge in [-0.1, -0.05) is 0 Å². The van der Waals surface area contributed by atoms with Crippen molar-refractivity contribution < 1.29 is 23.8 Å². The van der Waals surface area contributed by atoms with Gasteiger partial charge < -0.3 is 14.2 Å². The highest BCUT2D eigenvalue weighted by Crippen LogP contribution is 2.47. The Kier molecular flexibility index (Phi) is 3.12. The molecule has 0 aromatic carbocycles. The van der Waals surface area contributed by atoms with E-state index in [0.717, 1.165) is 6.42 Å². The molecule has 4 atom stereocenters. The minimum absolute atomic E-state index is 0.110. The first-order valence-corrected chi connectivity index (χ1v) is 7.48. The number of nitrogens with zero attached hydrogens (tertiary/aromatic N) is 1. The van der Waals surface area contributed by atoms with Crippen LogP contribution in [0.5, 0.6) is 0 Å². The maximum absolute atomic E-state index is 12.3. The minimum atomic E-state index is -0.660. The number of rotatable bonds is 0. The zero-order valence-electron chi connectivity index (χ0n) is 13.2. The average Bonchev–Trinajstić information content (AvgIpc) is 2.71. The number of fused-ring (bicyclic) bond motifs is 5. The van der Waals surface area contributed by atoms with Crippen LogP contribution in [0.4, 0.5) is 4.79 Å². The monoisotopic (exact) mass is 297 g/mol. The van der Waals surface area contributed by atoms with Gasteiger partial charge in [-0.2, -0.15) is 0 Å². The molecule has 2 amide bonds. The Morgan fingerprint density at radius 1 is 1.29 bits per heavy atom. The lowest BCUT2D eigenvalue weighted by atomic mass is 9.97. The Morgan fingerprint density at radius 2 is 1.90 bits per heavy atom. The van der Waals surface area contributed by atoms with E-state index in [-0.39, 0.29) is 30.1 Å². The SMILES string of the molecule is CC(C)(C)OC(=O)N1C(=O)CC2CC1C1OC(C)(C)OC21. The first-order valence-electron chi connectivity index (χ1n) is 7.48. The summed E-state index contributed by atoms with van der Waals surface area (Å²) in [7, 11) is 0. The van der Waals surface area contributed by atoms with E-state index in [9.17, 15) is 9.59 Å². The van der Waals surface area contributed by atoms with Crippen molar-refractivity contribution in [3.8, 4) is 0 Å². The molecule has 2 heterocycles. The van der Waals surface area contributed by atoms with Crippen molar-refractivity contribution in [2.75, 3.05) is 0 Å². The quantitative estimate of drug-likeness (QED) is 0.685. The molecule has 1 saturated carbocycles. The molecule has 6 heteroatoms. The second-order valence-electron chi connectivity index (χ2n) is 7.58. The minimum Gasteiger partial charge on any atom is -0.443 e. The fraction of sp³-hybridized carbons (Fsp3) is 0.867. The Bertz CT molecular complexity index is 481. The maximum atomic E-state index is 12.3. The molecule has 1 aliphatic carbocycles. The largest absolute Gasteiger partial charge is 0.443 e. The number of amides is 2. The van der Waals surface area contributed by atoms with Crippen LogP contribution < -0.4 is 0 Å². The third-order valence-corrected chi connectivity index (χ3v) is 4.18. The molecule has 0 N–H and O–H groups in total. The van der Waals surface area contributed by atoms with E-state index >= 15 is 0 Å². The second-order valence-corrected chi connectivity index (χ2v) is 7.58. The molecule has 2 aliphatic heterocycles. The number of carbonyl (C=O) groups is 2. The summed E-state index contributed by atoms with van der Waals surface area (Å²) in [5.74, 6) is -0.718. The number of carbonyl (C=O) groups excluding carboxylic acids is 2. The lowest BCUT2D eigenvalue weighted by molar-refractivity contribution is -0.172. The van der Waals surface area contributed by atoms with Crippen LogP contribution >= 0.6 is 0 Å². The van der Waals surface area contributed by atoms with Gasteiger partial charge in [-0.05, 0) is 47.0 Å². The lowest BCUT2D eigenvalue weighted by Gasteiger charge is -2.35. The standard InChI is InChI=1S/C15H23NO5/c1-14(2,3)21-13(18)16-9-6-8(7-10(16)17)11-12(9)20-15(4,5)19-11/h8-9,11-12H,6-7H2,1-5H3. The summed E-state index contributed by atoms with van der Waals surface area (Å²) in [5, 5.41) is 0. The Labute approximate surface area is 124 Å². The normalized spacial score (nSPS) is 37.6. The van der Waals surface area contributed by atoms with Gasteiger partial charge in [0.05, 0.1) is 12.1 Å². The Morgan fingerprint density at radius 3 is 2.52 bits per heavy atom. The lowest BCUT2D eigenvalue weighted by Crippen LogP contribution is -2.52. The molecule has 118 valence electrons. The summed E-state index contributed by atoms with van der Waals surface area (Å²) < 4.78 is 17.2. The summed E-state index contributed by atoms with van der Waals surface area (Å²) in [5.41, 5.74) is -0.626. The summed E-state index contributed by atoms with van der Waals surface area (Å²) >= 11 is 0. The highest BCUT2D eigenvalue weighted by Gasteiger charge is 2.60. The second kappa shape index (κ2) is 4.43. The summed E-state index contributed by atoms with van der Waals surface area (Å²) in [4.78, 5) is 25.9. The van der Waals surface area contributed by atoms with Gasteiger partial charge in [0.2, 0.25) is 5.91 Å². The molecule has 3 fully saturated rings. The Hall–Kier alpha value is -1.14. The van der Waals surface area contributed by atoms with Gasteiger partial charge in [0, 0.05) is 6.42 Å². The summed E-state index contributed by atoms with van der Waals surface area (Å²) in [6.45, 7) is 9.09. The number of ether oxygens (including phenoxy) is 3. The number of imide groups is 1. The third-order valence-electron chi connectivity index (χ3n) is 4.18. The van der Waals surface area contributed by atoms with Crippen LogP contribution in [0, 0.1) is 5.92 Å². The van der Waals surface area contributed by atoms with Crippen molar-refractivity contribution >= 4 is 12.0 Å². The van der Waals surface area contributed by atoms with E-state index in [4.69, 9.17) is 14.2 Å². The molecule has 3 aliphatic rings. The summed E-state index contributed by atoms with van der Waals surface area (Å²) in [6, 6.07) is -0.280. The van der Waals surface area contributed by atoms with Gasteiger partial charge in [0.1, 0.15) is 11.7 Å². The molecule has 6 nitrogen and oxygen atoms in total. The predicted molar refractivity (Wildman–Crippen MR) is 73.4 cm³/mol. The first kappa shape index (κ1) is 14.8. The van der Waals surface area contributed by atoms with E-state index in [1.165, 1.54) is 4.90 Å². The van der Waals surface area contributed by atoms with E-state index in [2.05, 4.69) is 0 Å². The molecule has 0 aromatic rings. The fourth-order valence-corrected chi connectivity index (χ4v) is 3.57. The van der Waals surface area contributed by atoms with Gasteiger partial charge >= 0.3 is 6.09 Å². The third kappa shape index (κ3) is 2.55. The average molecular weight is 297 g/mol. The molecule has 2 saturated heterocycles. The Balaban J connectivity index is 1.83. The number of hydrogen-bond acceptors (Lipinski definition) is 5. The van der Waals surface area contributed by atoms with Gasteiger partial charge in [0.25, 0.3) is 0 Å². The fourth-order valence-electron chi connectivity index (χ4n) is 3.57. The molecule has 0 spiro atoms. The van der Waals surface area contributed by atoms with E-state index in [1.807, 2.05) is 13.8 Å². The molecular formula is C15H23NO5. The van der Waals surface area contributed by atoms with E-state index in [0.29, 0.717) is 6.42 Å². The van der Waals surface area contributed by atoms with Crippen LogP contribution in [0.3, 0.4) is 0 Å². The van der Waals surface area contributed by atoms with Gasteiger partial charge in [-0.3, -0.25) is 4.79 Å². The summed E-state index contributed by atoms with van der Waals surface area (Å²) in [6.07, 6.45) is 0.113. The molecule has 21 heavy (non-hydrogen) atoms. The number of likely N-dealkylation sites (tertiary alicyclic amines) is 1. The van der Waals surface area contributed by atoms with Crippen LogP contribution in [0.1, 0.15) is 47.5 Å². The van der Waals surface area contributed by atoms with Crippen LogP contribution in [0.25, 0.3) is 0 Å². The van der Waals surface area contributed by atoms with Gasteiger partial charge in [0.15, 0.2) is 5.79 Å². The molecule has 4 unspecified atom stereocenters. The van der Waals surface area contributed by atoms with Gasteiger partial charge in [-0.25, -0.2) is 9.69 Å². The number of hydrogen-bond donors (Lipinski definition) is 0. The molecule has 3 rings (SSSR count). The van der Waals surface area contributed by atoms with Crippen molar-refractivity contribution in [1.29, 1.82) is 0 Å². The van der Waals surface area contributed by atoms with Gasteiger partial charge in [-0.15, -0.1) is 0 Å². The van der Waals surface area contributed by atoms with Crippen molar-refractivity contribution in [1.82, 2.24) is 4.90 Å². The molecular weight excluding hydrogens is 274 g/mol. The topological polar surface area (TPSA) is 65.1 Å². The molecule has 2 bridgehead atoms. The van der Waals surface area contributed by atoms with Crippen molar-refractivity contribution in [3.05, 3.63) is 0 Å². The van der Waals surface area contributed by atoms with Crippen molar-refractivity contribution in [3.63, 3.8) is 0 Å². The van der Waals surface area contributed by atoms with Crippen LogP contribution in [-0.4, -0.2) is 46.5 Å². The predicted octanol–water partition coefficient (Wildman–Crippen LogP) is 2.06. The maximum Gasteiger partial charge on any atom is 0.417 e. The van der Waals surface area contributed by atoms with Crippen LogP contribution in [-0.2, 0) is 19.0 Å². The highest BCUT2D eigenvalue weighted by molar-refractivity contribution is 5.93. The van der Waals surface area contributed by atoms with Crippen LogP contribution in [0.15, 0.2) is 0 Å². The van der Waals surface area contributed by atoms with Crippen molar-refractivity contribution in [2.24, 2.45) is 5.92 Å². The zero-order chi connectivity index (χ0) is 15.6. The number of piperidine rings is 1. The van der Waals surface area contributed by atoms with Crippen LogP contribution in [0.2, 0.25) is 0 Å². The smallest absolute Gasteiger partial charge is 0.417 e. The van der Waals surface area contributed by atoms with E-state index < -0.39 is 17.5 Å². The highest BCUT2D eigenvalue weighted by atomic mass is 16.8. The molecule has 0 aromatic heterocycles. The molecule has 0 radical (unpaired) electrons. The zero-order valence-corrected chi connectivity index (χ0v) is 13.2. The first-order chi connectivity index (χ1) is 9.57. The van der Waals surface area contributed by atoms with E-state index in [1.54, 1.807) is 20.8 Å².